The first-order chi connectivity index (χ1) is 15.4. The highest BCUT2D eigenvalue weighted by Crippen LogP contribution is 2.58. The van der Waals surface area contributed by atoms with Crippen molar-refractivity contribution < 1.29 is 34.1 Å². The van der Waals surface area contributed by atoms with Gasteiger partial charge in [0.05, 0.1) is 31.2 Å². The van der Waals surface area contributed by atoms with Crippen LogP contribution in [0.3, 0.4) is 0 Å². The number of carbonyl (C=O) groups excluding carboxylic acids is 2. The lowest BCUT2D eigenvalue weighted by Gasteiger charge is -2.37. The lowest BCUT2D eigenvalue weighted by atomic mass is 9.70. The fraction of sp³-hybridized carbons (Fsp3) is 0.773. The Morgan fingerprint density at radius 1 is 1.28 bits per heavy atom. The summed E-state index contributed by atoms with van der Waals surface area (Å²) in [4.78, 5) is 44.6. The molecule has 4 fully saturated rings. The second-order valence-corrected chi connectivity index (χ2v) is 9.03. The van der Waals surface area contributed by atoms with Crippen molar-refractivity contribution in [3.8, 4) is 0 Å². The van der Waals surface area contributed by atoms with Crippen LogP contribution < -0.4 is 0 Å². The van der Waals surface area contributed by atoms with Crippen LogP contribution in [0.2, 0.25) is 0 Å². The van der Waals surface area contributed by atoms with E-state index in [2.05, 4.69) is 11.5 Å². The molecule has 2 amide bonds. The molecule has 0 radical (unpaired) electrons. The van der Waals surface area contributed by atoms with Crippen LogP contribution in [0, 0.1) is 11.8 Å². The van der Waals surface area contributed by atoms with Crippen LogP contribution in [0.1, 0.15) is 19.3 Å². The van der Waals surface area contributed by atoms with E-state index in [4.69, 9.17) is 9.47 Å². The first kappa shape index (κ1) is 23.2. The molecule has 4 heterocycles. The van der Waals surface area contributed by atoms with Gasteiger partial charge in [-0.3, -0.25) is 19.3 Å². The lowest BCUT2D eigenvalue weighted by molar-refractivity contribution is -0.151. The van der Waals surface area contributed by atoms with Gasteiger partial charge in [0.15, 0.2) is 0 Å². The van der Waals surface area contributed by atoms with Crippen LogP contribution in [-0.2, 0) is 23.9 Å². The number of hydrogen-bond acceptors (Lipinski definition) is 7. The van der Waals surface area contributed by atoms with Crippen LogP contribution in [0.4, 0.5) is 0 Å². The van der Waals surface area contributed by atoms with E-state index in [0.717, 1.165) is 13.1 Å². The molecular formula is C22H33N3O7. The van der Waals surface area contributed by atoms with Gasteiger partial charge in [-0.1, -0.05) is 6.08 Å². The van der Waals surface area contributed by atoms with Gasteiger partial charge < -0.3 is 29.5 Å². The maximum absolute atomic E-state index is 13.9. The van der Waals surface area contributed by atoms with Crippen molar-refractivity contribution in [3.63, 3.8) is 0 Å². The second kappa shape index (κ2) is 9.46. The molecule has 178 valence electrons. The molecule has 32 heavy (non-hydrogen) atoms. The van der Waals surface area contributed by atoms with E-state index in [1.54, 1.807) is 11.0 Å². The summed E-state index contributed by atoms with van der Waals surface area (Å²) in [7, 11) is 0. The number of aliphatic hydroxyl groups excluding tert-OH is 1. The summed E-state index contributed by atoms with van der Waals surface area (Å²) in [6, 6.07) is -0.884. The molecular weight excluding hydrogens is 418 g/mol. The molecule has 0 saturated carbocycles. The van der Waals surface area contributed by atoms with Crippen molar-refractivity contribution in [2.75, 3.05) is 59.1 Å². The normalized spacial score (nSPS) is 34.0. The zero-order chi connectivity index (χ0) is 22.9. The van der Waals surface area contributed by atoms with Gasteiger partial charge in [-0.15, -0.1) is 6.58 Å². The average Bonchev–Trinajstić information content (AvgIpc) is 3.43. The predicted molar refractivity (Wildman–Crippen MR) is 113 cm³/mol. The topological polar surface area (TPSA) is 120 Å². The van der Waals surface area contributed by atoms with Crippen molar-refractivity contribution in [3.05, 3.63) is 12.7 Å². The summed E-state index contributed by atoms with van der Waals surface area (Å²) in [6.07, 6.45) is 2.43. The molecule has 4 saturated heterocycles. The summed E-state index contributed by atoms with van der Waals surface area (Å²) in [6.45, 7) is 8.26. The van der Waals surface area contributed by atoms with Crippen LogP contribution in [0.5, 0.6) is 0 Å². The summed E-state index contributed by atoms with van der Waals surface area (Å²) >= 11 is 0. The van der Waals surface area contributed by atoms with Crippen molar-refractivity contribution in [2.24, 2.45) is 11.8 Å². The van der Waals surface area contributed by atoms with E-state index in [-0.39, 0.29) is 25.0 Å². The number of nitrogens with zero attached hydrogens (tertiary/aromatic N) is 3. The SMILES string of the molecule is C=CCN(CCN1CCOCC1)C(=O)C1N(CCCO)C(=O)[C@@H]2[C@@H](C(=O)O)[C@H]3CCC12O3. The number of carboxylic acids is 1. The highest BCUT2D eigenvalue weighted by atomic mass is 16.5. The quantitative estimate of drug-likeness (QED) is 0.413. The van der Waals surface area contributed by atoms with E-state index >= 15 is 0 Å². The minimum atomic E-state index is -1.12. The first-order valence-electron chi connectivity index (χ1n) is 11.5. The van der Waals surface area contributed by atoms with Gasteiger partial charge in [0.1, 0.15) is 11.6 Å². The van der Waals surface area contributed by atoms with E-state index < -0.39 is 35.6 Å². The number of carbonyl (C=O) groups is 3. The smallest absolute Gasteiger partial charge is 0.310 e. The molecule has 0 aromatic heterocycles. The summed E-state index contributed by atoms with van der Waals surface area (Å²) in [5.41, 5.74) is -1.12. The molecule has 4 aliphatic rings. The zero-order valence-electron chi connectivity index (χ0n) is 18.4. The Morgan fingerprint density at radius 2 is 2.03 bits per heavy atom. The highest BCUT2D eigenvalue weighted by molar-refractivity contribution is 5.98. The van der Waals surface area contributed by atoms with Gasteiger partial charge in [-0.25, -0.2) is 0 Å². The monoisotopic (exact) mass is 451 g/mol. The molecule has 2 unspecified atom stereocenters. The molecule has 0 aliphatic carbocycles. The Labute approximate surface area is 187 Å². The third-order valence-corrected chi connectivity index (χ3v) is 7.33. The summed E-state index contributed by atoms with van der Waals surface area (Å²) < 4.78 is 11.6. The number of ether oxygens (including phenoxy) is 2. The number of carboxylic acid groups (broad SMARTS) is 1. The Hall–Kier alpha value is -2.01. The number of amides is 2. The molecule has 1 spiro atoms. The second-order valence-electron chi connectivity index (χ2n) is 9.03. The fourth-order valence-corrected chi connectivity index (χ4v) is 5.90. The molecule has 2 N–H and O–H groups in total. The average molecular weight is 452 g/mol. The Morgan fingerprint density at radius 3 is 2.69 bits per heavy atom. The van der Waals surface area contributed by atoms with Gasteiger partial charge in [-0.05, 0) is 19.3 Å². The Bertz CT molecular complexity index is 756. The Balaban J connectivity index is 1.60. The number of aliphatic carboxylic acids is 1. The van der Waals surface area contributed by atoms with Gasteiger partial charge in [-0.2, -0.15) is 0 Å². The zero-order valence-corrected chi connectivity index (χ0v) is 18.4. The van der Waals surface area contributed by atoms with E-state index in [1.807, 2.05) is 0 Å². The maximum Gasteiger partial charge on any atom is 0.310 e. The predicted octanol–water partition coefficient (Wildman–Crippen LogP) is -0.825. The molecule has 0 aromatic carbocycles. The molecule has 0 aromatic rings. The maximum atomic E-state index is 13.9. The number of rotatable bonds is 10. The van der Waals surface area contributed by atoms with Crippen LogP contribution in [-0.4, -0.2) is 120 Å². The number of likely N-dealkylation sites (tertiary alicyclic amines) is 1. The molecule has 10 heteroatoms. The Kier molecular flexibility index (Phi) is 6.85. The van der Waals surface area contributed by atoms with Crippen LogP contribution in [0.25, 0.3) is 0 Å². The molecule has 2 bridgehead atoms. The number of hydrogen-bond donors (Lipinski definition) is 2. The lowest BCUT2D eigenvalue weighted by Crippen LogP contribution is -2.57. The van der Waals surface area contributed by atoms with Crippen LogP contribution in [0.15, 0.2) is 12.7 Å². The van der Waals surface area contributed by atoms with Crippen LogP contribution >= 0.6 is 0 Å². The standard InChI is InChI=1S/C22H33N3O7/c1-2-6-24(9-8-23-10-13-31-14-11-23)20(28)18-22-5-4-15(32-22)16(21(29)30)17(22)19(27)25(18)7-3-12-26/h2,15-18,26H,1,3-14H2,(H,29,30)/t15-,16+,17+,18?,22?/m1/s1. The van der Waals surface area contributed by atoms with E-state index in [9.17, 15) is 24.6 Å². The van der Waals surface area contributed by atoms with Crippen molar-refractivity contribution in [2.45, 2.75) is 37.0 Å². The largest absolute Gasteiger partial charge is 0.481 e. The van der Waals surface area contributed by atoms with Gasteiger partial charge in [0.25, 0.3) is 0 Å². The molecule has 4 rings (SSSR count). The summed E-state index contributed by atoms with van der Waals surface area (Å²) in [5, 5.41) is 19.1. The molecule has 4 aliphatic heterocycles. The van der Waals surface area contributed by atoms with Gasteiger partial charge in [0, 0.05) is 45.9 Å². The third-order valence-electron chi connectivity index (χ3n) is 7.33. The third kappa shape index (κ3) is 3.83. The van der Waals surface area contributed by atoms with Crippen molar-refractivity contribution in [1.29, 1.82) is 0 Å². The number of aliphatic hydroxyl groups is 1. The van der Waals surface area contributed by atoms with Crippen molar-refractivity contribution >= 4 is 17.8 Å². The number of fused-ring (bicyclic) bond motifs is 1. The van der Waals surface area contributed by atoms with Crippen molar-refractivity contribution in [1.82, 2.24) is 14.7 Å². The number of morpholine rings is 1. The minimum absolute atomic E-state index is 0.123. The first-order valence-corrected chi connectivity index (χ1v) is 11.5. The minimum Gasteiger partial charge on any atom is -0.481 e. The highest BCUT2D eigenvalue weighted by Gasteiger charge is 2.74. The van der Waals surface area contributed by atoms with E-state index in [0.29, 0.717) is 52.1 Å². The van der Waals surface area contributed by atoms with Gasteiger partial charge in [0.2, 0.25) is 11.8 Å². The molecule has 10 nitrogen and oxygen atoms in total. The van der Waals surface area contributed by atoms with E-state index in [1.165, 1.54) is 4.90 Å². The fourth-order valence-electron chi connectivity index (χ4n) is 5.90. The summed E-state index contributed by atoms with van der Waals surface area (Å²) in [5.74, 6) is -3.44. The molecule has 5 atom stereocenters. The van der Waals surface area contributed by atoms with Gasteiger partial charge >= 0.3 is 5.97 Å².